The first kappa shape index (κ1) is 5.40. The lowest BCUT2D eigenvalue weighted by atomic mass is 9.93. The molecule has 3 rings (SSSR count). The van der Waals surface area contributed by atoms with Crippen molar-refractivity contribution in [2.45, 2.75) is 32.6 Å². The van der Waals surface area contributed by atoms with E-state index in [0.717, 1.165) is 17.8 Å². The van der Waals surface area contributed by atoms with Gasteiger partial charge in [0.25, 0.3) is 0 Å². The van der Waals surface area contributed by atoms with E-state index in [9.17, 15) is 0 Å². The zero-order chi connectivity index (χ0) is 6.72. The van der Waals surface area contributed by atoms with Gasteiger partial charge in [-0.1, -0.05) is 18.1 Å². The average molecular weight is 134 g/mol. The molecule has 0 aromatic carbocycles. The molecule has 0 heteroatoms. The van der Waals surface area contributed by atoms with Crippen LogP contribution in [0.5, 0.6) is 0 Å². The number of hydrogen-bond acceptors (Lipinski definition) is 0. The number of fused-ring (bicyclic) bond motifs is 2. The van der Waals surface area contributed by atoms with Crippen LogP contribution in [0, 0.1) is 17.8 Å². The van der Waals surface area contributed by atoms with Crippen LogP contribution in [-0.4, -0.2) is 0 Å². The summed E-state index contributed by atoms with van der Waals surface area (Å²) in [5, 5.41) is 0. The standard InChI is InChI=1S/C10H14/c1-6-2-7-4-8-5-10(8)9(7)3-6/h6-7,9H,2-5H2,1H3/t6-,7?,9?/m0/s1. The topological polar surface area (TPSA) is 0 Å². The van der Waals surface area contributed by atoms with E-state index >= 15 is 0 Å². The van der Waals surface area contributed by atoms with Gasteiger partial charge < -0.3 is 0 Å². The molecule has 0 bridgehead atoms. The van der Waals surface area contributed by atoms with Crippen LogP contribution in [0.1, 0.15) is 32.6 Å². The largest absolute Gasteiger partial charge is 0.0660 e. The van der Waals surface area contributed by atoms with Gasteiger partial charge in [0.2, 0.25) is 0 Å². The highest BCUT2D eigenvalue weighted by Gasteiger charge is 2.46. The van der Waals surface area contributed by atoms with Crippen molar-refractivity contribution in [3.05, 3.63) is 11.1 Å². The van der Waals surface area contributed by atoms with Gasteiger partial charge in [0, 0.05) is 0 Å². The van der Waals surface area contributed by atoms with Crippen LogP contribution in [0.15, 0.2) is 11.1 Å². The Labute approximate surface area is 62.3 Å². The third-order valence-corrected chi connectivity index (χ3v) is 3.62. The fourth-order valence-electron chi connectivity index (χ4n) is 3.15. The minimum Gasteiger partial charge on any atom is -0.0660 e. The Bertz CT molecular complexity index is 212. The highest BCUT2D eigenvalue weighted by atomic mass is 14.5. The Morgan fingerprint density at radius 1 is 1.30 bits per heavy atom. The van der Waals surface area contributed by atoms with Crippen LogP contribution in [0.25, 0.3) is 0 Å². The van der Waals surface area contributed by atoms with Crippen LogP contribution >= 0.6 is 0 Å². The molecule has 0 radical (unpaired) electrons. The molecule has 0 spiro atoms. The minimum atomic E-state index is 1.03. The molecular weight excluding hydrogens is 120 g/mol. The zero-order valence-corrected chi connectivity index (χ0v) is 6.56. The van der Waals surface area contributed by atoms with E-state index in [0.29, 0.717) is 0 Å². The maximum absolute atomic E-state index is 2.42. The van der Waals surface area contributed by atoms with E-state index in [4.69, 9.17) is 0 Å². The molecule has 0 nitrogen and oxygen atoms in total. The molecule has 0 amide bonds. The predicted octanol–water partition coefficient (Wildman–Crippen LogP) is 2.75. The third-order valence-electron chi connectivity index (χ3n) is 3.62. The summed E-state index contributed by atoms with van der Waals surface area (Å²) in [5.41, 5.74) is 3.73. The molecule has 0 aliphatic heterocycles. The second-order valence-electron chi connectivity index (χ2n) is 4.45. The van der Waals surface area contributed by atoms with Gasteiger partial charge in [0.1, 0.15) is 0 Å². The normalized spacial score (nSPS) is 49.5. The molecule has 1 fully saturated rings. The number of allylic oxidation sites excluding steroid dienone is 2. The van der Waals surface area contributed by atoms with Gasteiger partial charge in [-0.05, 0) is 43.4 Å². The van der Waals surface area contributed by atoms with Gasteiger partial charge in [-0.25, -0.2) is 0 Å². The van der Waals surface area contributed by atoms with Crippen LogP contribution in [0.3, 0.4) is 0 Å². The molecule has 2 unspecified atom stereocenters. The van der Waals surface area contributed by atoms with E-state index in [1.54, 1.807) is 0 Å². The van der Waals surface area contributed by atoms with Crippen LogP contribution < -0.4 is 0 Å². The van der Waals surface area contributed by atoms with Crippen molar-refractivity contribution in [2.75, 3.05) is 0 Å². The monoisotopic (exact) mass is 134 g/mol. The summed E-state index contributed by atoms with van der Waals surface area (Å²) >= 11 is 0. The molecular formula is C10H14. The lowest BCUT2D eigenvalue weighted by Gasteiger charge is -2.11. The Balaban J connectivity index is 1.89. The van der Waals surface area contributed by atoms with E-state index in [-0.39, 0.29) is 0 Å². The third kappa shape index (κ3) is 0.531. The lowest BCUT2D eigenvalue weighted by Crippen LogP contribution is -2.02. The van der Waals surface area contributed by atoms with Crippen molar-refractivity contribution in [1.82, 2.24) is 0 Å². The Kier molecular flexibility index (Phi) is 0.805. The fourth-order valence-corrected chi connectivity index (χ4v) is 3.15. The van der Waals surface area contributed by atoms with E-state index < -0.39 is 0 Å². The second kappa shape index (κ2) is 1.49. The number of rotatable bonds is 0. The predicted molar refractivity (Wildman–Crippen MR) is 41.6 cm³/mol. The molecule has 54 valence electrons. The molecule has 0 saturated heterocycles. The van der Waals surface area contributed by atoms with Gasteiger partial charge >= 0.3 is 0 Å². The molecule has 10 heavy (non-hydrogen) atoms. The van der Waals surface area contributed by atoms with Crippen molar-refractivity contribution in [1.29, 1.82) is 0 Å². The van der Waals surface area contributed by atoms with E-state index in [2.05, 4.69) is 6.92 Å². The fraction of sp³-hybridized carbons (Fsp3) is 0.800. The summed E-state index contributed by atoms with van der Waals surface area (Å²) in [6, 6.07) is 0. The first-order valence-corrected chi connectivity index (χ1v) is 4.55. The SMILES string of the molecule is C[C@H]1CC2CC3=C(C3)C2C1. The molecule has 3 aliphatic carbocycles. The number of hydrogen-bond donors (Lipinski definition) is 0. The van der Waals surface area contributed by atoms with Crippen LogP contribution in [-0.2, 0) is 0 Å². The Hall–Kier alpha value is -0.260. The van der Waals surface area contributed by atoms with Gasteiger partial charge in [0.05, 0.1) is 0 Å². The molecule has 0 aromatic heterocycles. The van der Waals surface area contributed by atoms with Crippen molar-refractivity contribution >= 4 is 0 Å². The summed E-state index contributed by atoms with van der Waals surface area (Å²) in [4.78, 5) is 0. The van der Waals surface area contributed by atoms with Gasteiger partial charge in [0.15, 0.2) is 0 Å². The molecule has 0 aromatic rings. The van der Waals surface area contributed by atoms with Crippen LogP contribution in [0.4, 0.5) is 0 Å². The molecule has 3 aliphatic rings. The maximum Gasteiger partial charge on any atom is -0.00998 e. The highest BCUT2D eigenvalue weighted by Crippen LogP contribution is 2.59. The molecule has 1 saturated carbocycles. The van der Waals surface area contributed by atoms with Gasteiger partial charge in [-0.3, -0.25) is 0 Å². The zero-order valence-electron chi connectivity index (χ0n) is 6.56. The average Bonchev–Trinajstić information content (AvgIpc) is 2.40. The lowest BCUT2D eigenvalue weighted by molar-refractivity contribution is 0.457. The van der Waals surface area contributed by atoms with Crippen LogP contribution in [0.2, 0.25) is 0 Å². The Morgan fingerprint density at radius 3 is 3.00 bits per heavy atom. The first-order valence-electron chi connectivity index (χ1n) is 4.55. The molecule has 0 N–H and O–H groups in total. The Morgan fingerprint density at radius 2 is 2.20 bits per heavy atom. The minimum absolute atomic E-state index is 1.03. The summed E-state index contributed by atoms with van der Waals surface area (Å²) in [7, 11) is 0. The second-order valence-corrected chi connectivity index (χ2v) is 4.45. The summed E-state index contributed by atoms with van der Waals surface area (Å²) in [6.45, 7) is 2.42. The molecule has 3 atom stereocenters. The smallest absolute Gasteiger partial charge is 0.00998 e. The van der Waals surface area contributed by atoms with E-state index in [1.165, 1.54) is 25.7 Å². The van der Waals surface area contributed by atoms with Crippen molar-refractivity contribution < 1.29 is 0 Å². The van der Waals surface area contributed by atoms with Gasteiger partial charge in [-0.15, -0.1) is 0 Å². The molecule has 0 heterocycles. The van der Waals surface area contributed by atoms with Crippen molar-refractivity contribution in [3.8, 4) is 0 Å². The quantitative estimate of drug-likeness (QED) is 0.447. The summed E-state index contributed by atoms with van der Waals surface area (Å²) in [6.07, 6.45) is 5.97. The van der Waals surface area contributed by atoms with Crippen molar-refractivity contribution in [3.63, 3.8) is 0 Å². The highest BCUT2D eigenvalue weighted by molar-refractivity contribution is 5.43. The van der Waals surface area contributed by atoms with Gasteiger partial charge in [-0.2, -0.15) is 0 Å². The summed E-state index contributed by atoms with van der Waals surface area (Å²) in [5.74, 6) is 3.21. The first-order chi connectivity index (χ1) is 4.84. The van der Waals surface area contributed by atoms with E-state index in [1.807, 2.05) is 11.1 Å². The maximum atomic E-state index is 2.42. The summed E-state index contributed by atoms with van der Waals surface area (Å²) < 4.78 is 0. The van der Waals surface area contributed by atoms with Crippen molar-refractivity contribution in [2.24, 2.45) is 17.8 Å².